The van der Waals surface area contributed by atoms with Gasteiger partial charge in [-0.1, -0.05) is 19.8 Å². The molecule has 0 bridgehead atoms. The fraction of sp³-hybridized carbons (Fsp3) is 0.550. The summed E-state index contributed by atoms with van der Waals surface area (Å²) in [6.45, 7) is 6.66. The van der Waals surface area contributed by atoms with Crippen molar-refractivity contribution in [3.8, 4) is 22.9 Å². The average molecular weight is 391 g/mol. The first-order valence-corrected chi connectivity index (χ1v) is 9.58. The van der Waals surface area contributed by atoms with Crippen LogP contribution in [0.25, 0.3) is 11.4 Å². The number of aromatic nitrogens is 3. The van der Waals surface area contributed by atoms with E-state index in [1.54, 1.807) is 19.1 Å². The number of hydrogen-bond donors (Lipinski definition) is 2. The quantitative estimate of drug-likeness (QED) is 0.532. The number of aliphatic hydroxyl groups excluding tert-OH is 1. The molecule has 1 heterocycles. The second kappa shape index (κ2) is 11.5. The summed E-state index contributed by atoms with van der Waals surface area (Å²) in [7, 11) is 0. The SMILES string of the molecule is CCCCC(COC(O)C(C)Oc1ccc(-c2ncncn2)c(O)c1)OCC. The number of rotatable bonds is 12. The Kier molecular flexibility index (Phi) is 9.06. The summed E-state index contributed by atoms with van der Waals surface area (Å²) in [5.41, 5.74) is 0.467. The molecule has 3 unspecified atom stereocenters. The van der Waals surface area contributed by atoms with Crippen molar-refractivity contribution in [2.45, 2.75) is 58.5 Å². The van der Waals surface area contributed by atoms with Gasteiger partial charge >= 0.3 is 0 Å². The molecule has 0 saturated carbocycles. The van der Waals surface area contributed by atoms with Crippen molar-refractivity contribution >= 4 is 0 Å². The largest absolute Gasteiger partial charge is 0.507 e. The van der Waals surface area contributed by atoms with E-state index in [4.69, 9.17) is 14.2 Å². The van der Waals surface area contributed by atoms with Gasteiger partial charge in [0, 0.05) is 12.7 Å². The van der Waals surface area contributed by atoms with E-state index in [1.165, 1.54) is 18.7 Å². The minimum atomic E-state index is -1.12. The van der Waals surface area contributed by atoms with Gasteiger partial charge in [-0.05, 0) is 32.4 Å². The number of phenols is 1. The molecule has 2 N–H and O–H groups in total. The van der Waals surface area contributed by atoms with E-state index >= 15 is 0 Å². The highest BCUT2D eigenvalue weighted by Gasteiger charge is 2.20. The monoisotopic (exact) mass is 391 g/mol. The van der Waals surface area contributed by atoms with Crippen LogP contribution in [0.1, 0.15) is 40.0 Å². The van der Waals surface area contributed by atoms with E-state index in [0.717, 1.165) is 19.3 Å². The predicted octanol–water partition coefficient (Wildman–Crippen LogP) is 2.94. The van der Waals surface area contributed by atoms with Gasteiger partial charge in [-0.3, -0.25) is 0 Å². The lowest BCUT2D eigenvalue weighted by Crippen LogP contribution is -2.34. The maximum absolute atomic E-state index is 10.2. The zero-order valence-electron chi connectivity index (χ0n) is 16.6. The molecule has 0 aliphatic heterocycles. The van der Waals surface area contributed by atoms with Gasteiger partial charge in [0.15, 0.2) is 12.1 Å². The van der Waals surface area contributed by atoms with Crippen LogP contribution in [0, 0.1) is 0 Å². The molecule has 1 aromatic carbocycles. The smallest absolute Gasteiger partial charge is 0.191 e. The Balaban J connectivity index is 1.90. The Morgan fingerprint density at radius 3 is 2.50 bits per heavy atom. The van der Waals surface area contributed by atoms with Gasteiger partial charge < -0.3 is 24.4 Å². The second-order valence-electron chi connectivity index (χ2n) is 6.41. The van der Waals surface area contributed by atoms with E-state index in [0.29, 0.717) is 30.4 Å². The molecule has 28 heavy (non-hydrogen) atoms. The summed E-state index contributed by atoms with van der Waals surface area (Å²) in [5, 5.41) is 20.5. The van der Waals surface area contributed by atoms with E-state index in [1.807, 2.05) is 6.92 Å². The third-order valence-corrected chi connectivity index (χ3v) is 4.16. The number of unbranched alkanes of at least 4 members (excludes halogenated alkanes) is 1. The van der Waals surface area contributed by atoms with E-state index in [-0.39, 0.29) is 11.9 Å². The summed E-state index contributed by atoms with van der Waals surface area (Å²) in [4.78, 5) is 11.8. The lowest BCUT2D eigenvalue weighted by molar-refractivity contribution is -0.169. The van der Waals surface area contributed by atoms with Crippen LogP contribution in [-0.4, -0.2) is 56.9 Å². The number of hydrogen-bond acceptors (Lipinski definition) is 8. The fourth-order valence-electron chi connectivity index (χ4n) is 2.65. The molecule has 0 radical (unpaired) electrons. The van der Waals surface area contributed by atoms with Crippen LogP contribution in [0.3, 0.4) is 0 Å². The van der Waals surface area contributed by atoms with Crippen LogP contribution in [0.5, 0.6) is 11.5 Å². The van der Waals surface area contributed by atoms with E-state index in [2.05, 4.69) is 21.9 Å². The Labute approximate surface area is 165 Å². The number of aliphatic hydroxyl groups is 1. The summed E-state index contributed by atoms with van der Waals surface area (Å²) < 4.78 is 16.9. The Hall–Kier alpha value is -2.29. The topological polar surface area (TPSA) is 107 Å². The van der Waals surface area contributed by atoms with Gasteiger partial charge in [-0.15, -0.1) is 0 Å². The van der Waals surface area contributed by atoms with Gasteiger partial charge in [0.1, 0.15) is 30.3 Å². The Bertz CT molecular complexity index is 701. The number of nitrogens with zero attached hydrogens (tertiary/aromatic N) is 3. The average Bonchev–Trinajstić information content (AvgIpc) is 2.70. The van der Waals surface area contributed by atoms with Gasteiger partial charge in [0.05, 0.1) is 18.3 Å². The van der Waals surface area contributed by atoms with Crippen LogP contribution in [0.2, 0.25) is 0 Å². The number of benzene rings is 1. The van der Waals surface area contributed by atoms with Crippen molar-refractivity contribution in [3.05, 3.63) is 30.9 Å². The van der Waals surface area contributed by atoms with Crippen LogP contribution < -0.4 is 4.74 Å². The molecule has 0 saturated heterocycles. The predicted molar refractivity (Wildman–Crippen MR) is 104 cm³/mol. The van der Waals surface area contributed by atoms with Crippen molar-refractivity contribution in [2.75, 3.05) is 13.2 Å². The van der Waals surface area contributed by atoms with Crippen molar-refractivity contribution in [1.29, 1.82) is 0 Å². The normalized spacial score (nSPS) is 14.4. The first kappa shape index (κ1) is 22.0. The molecule has 2 rings (SSSR count). The van der Waals surface area contributed by atoms with E-state index in [9.17, 15) is 10.2 Å². The molecule has 3 atom stereocenters. The number of phenolic OH excluding ortho intramolecular Hbond substituents is 1. The Morgan fingerprint density at radius 1 is 1.11 bits per heavy atom. The molecule has 154 valence electrons. The van der Waals surface area contributed by atoms with Gasteiger partial charge in [0.25, 0.3) is 0 Å². The minimum Gasteiger partial charge on any atom is -0.507 e. The summed E-state index contributed by atoms with van der Waals surface area (Å²) in [5.74, 6) is 0.740. The van der Waals surface area contributed by atoms with Crippen LogP contribution in [0.15, 0.2) is 30.9 Å². The fourth-order valence-corrected chi connectivity index (χ4v) is 2.65. The number of aromatic hydroxyl groups is 1. The zero-order chi connectivity index (χ0) is 20.4. The maximum Gasteiger partial charge on any atom is 0.191 e. The molecule has 8 heteroatoms. The highest BCUT2D eigenvalue weighted by molar-refractivity contribution is 5.64. The summed E-state index contributed by atoms with van der Waals surface area (Å²) in [6, 6.07) is 4.77. The highest BCUT2D eigenvalue weighted by Crippen LogP contribution is 2.30. The van der Waals surface area contributed by atoms with Gasteiger partial charge in [-0.2, -0.15) is 0 Å². The Morgan fingerprint density at radius 2 is 1.86 bits per heavy atom. The highest BCUT2D eigenvalue weighted by atomic mass is 16.6. The third-order valence-electron chi connectivity index (χ3n) is 4.16. The van der Waals surface area contributed by atoms with Crippen molar-refractivity contribution < 1.29 is 24.4 Å². The van der Waals surface area contributed by atoms with Crippen LogP contribution >= 0.6 is 0 Å². The molecule has 0 spiro atoms. The van der Waals surface area contributed by atoms with Gasteiger partial charge in [-0.25, -0.2) is 15.0 Å². The van der Waals surface area contributed by atoms with Crippen LogP contribution in [-0.2, 0) is 9.47 Å². The molecule has 0 fully saturated rings. The molecule has 0 amide bonds. The molecule has 0 aliphatic rings. The lowest BCUT2D eigenvalue weighted by atomic mass is 10.1. The molecule has 2 aromatic rings. The van der Waals surface area contributed by atoms with Crippen molar-refractivity contribution in [2.24, 2.45) is 0 Å². The first-order chi connectivity index (χ1) is 13.5. The third kappa shape index (κ3) is 6.70. The summed E-state index contributed by atoms with van der Waals surface area (Å²) in [6.07, 6.45) is 3.94. The molecular formula is C20H29N3O5. The standard InChI is InChI=1S/C20H29N3O5/c1-4-6-7-16(26-5-2)11-27-20(25)14(3)28-15-8-9-17(18(24)10-15)19-22-12-21-13-23-19/h8-10,12-14,16,20,24-25H,4-7,11H2,1-3H3. The van der Waals surface area contributed by atoms with Crippen molar-refractivity contribution in [1.82, 2.24) is 15.0 Å². The van der Waals surface area contributed by atoms with Crippen molar-refractivity contribution in [3.63, 3.8) is 0 Å². The molecule has 8 nitrogen and oxygen atoms in total. The molecular weight excluding hydrogens is 362 g/mol. The van der Waals surface area contributed by atoms with E-state index < -0.39 is 12.4 Å². The zero-order valence-corrected chi connectivity index (χ0v) is 16.6. The molecule has 0 aliphatic carbocycles. The second-order valence-corrected chi connectivity index (χ2v) is 6.41. The maximum atomic E-state index is 10.2. The lowest BCUT2D eigenvalue weighted by Gasteiger charge is -2.24. The number of ether oxygens (including phenoxy) is 3. The van der Waals surface area contributed by atoms with Gasteiger partial charge in [0.2, 0.25) is 0 Å². The first-order valence-electron chi connectivity index (χ1n) is 9.58. The molecule has 1 aromatic heterocycles. The summed E-state index contributed by atoms with van der Waals surface area (Å²) >= 11 is 0. The van der Waals surface area contributed by atoms with Crippen LogP contribution in [0.4, 0.5) is 0 Å². The minimum absolute atomic E-state index is 0.0257.